The van der Waals surface area contributed by atoms with Gasteiger partial charge in [0, 0.05) is 19.3 Å². The first-order chi connectivity index (χ1) is 53.2. The summed E-state index contributed by atoms with van der Waals surface area (Å²) < 4.78 is 61.3. The van der Waals surface area contributed by atoms with Gasteiger partial charge in [0.15, 0.2) is 6.10 Å². The SMILES string of the molecule is CC/C=C\C/C=C\C/C=C\C/C=C\C/C=C\CCCCCCCCCCCCCCCC(=O)OCC(O)COP(=O)(O)OCC(O)COP(=O)(O)OCC(COC(=O)CCCCCCCCC/C=C\C/C=C\C/C=C\C/C=C\CCCCC)OC(=O)CCCCCCC/C=C\C/C=C\C/C=C\C/C=C\C/C=C\CC. The summed E-state index contributed by atoms with van der Waals surface area (Å²) in [4.78, 5) is 58.9. The lowest BCUT2D eigenvalue weighted by atomic mass is 10.0. The molecule has 16 nitrogen and oxygen atoms in total. The number of phosphoric ester groups is 2. The van der Waals surface area contributed by atoms with Crippen LogP contribution < -0.4 is 0 Å². The molecule has 622 valence electrons. The van der Waals surface area contributed by atoms with Crippen molar-refractivity contribution in [2.75, 3.05) is 39.6 Å². The van der Waals surface area contributed by atoms with Gasteiger partial charge in [-0.1, -0.05) is 326 Å². The Morgan fingerprint density at radius 3 is 0.771 bits per heavy atom. The Morgan fingerprint density at radius 1 is 0.266 bits per heavy atom. The summed E-state index contributed by atoms with van der Waals surface area (Å²) in [6, 6.07) is 0. The summed E-state index contributed by atoms with van der Waals surface area (Å²) in [7, 11) is -9.82. The number of allylic oxidation sites excluding steroid dienone is 28. The highest BCUT2D eigenvalue weighted by atomic mass is 31.2. The fraction of sp³-hybridized carbons (Fsp3) is 0.659. The maximum atomic E-state index is 13.0. The molecule has 18 heteroatoms. The molecule has 0 bridgehead atoms. The maximum Gasteiger partial charge on any atom is 0.472 e. The average Bonchev–Trinajstić information content (AvgIpc) is 0.905. The van der Waals surface area contributed by atoms with E-state index in [-0.39, 0.29) is 19.3 Å². The van der Waals surface area contributed by atoms with E-state index in [1.165, 1.54) is 83.5 Å². The molecule has 0 aromatic heterocycles. The number of phosphoric acid groups is 2. The number of carbonyl (C=O) groups excluding carboxylic acids is 3. The normalized spacial score (nSPS) is 14.7. The Balaban J connectivity index is 4.65. The highest BCUT2D eigenvalue weighted by Crippen LogP contribution is 2.45. The van der Waals surface area contributed by atoms with E-state index in [1.807, 2.05) is 0 Å². The molecule has 0 spiro atoms. The number of carbonyl (C=O) groups is 3. The van der Waals surface area contributed by atoms with Crippen molar-refractivity contribution in [1.82, 2.24) is 0 Å². The third kappa shape index (κ3) is 83.7. The Hall–Kier alpha value is -5.09. The van der Waals surface area contributed by atoms with Crippen molar-refractivity contribution in [3.63, 3.8) is 0 Å². The molecule has 0 heterocycles. The molecule has 0 fully saturated rings. The first-order valence-corrected chi connectivity index (χ1v) is 45.4. The van der Waals surface area contributed by atoms with Crippen molar-refractivity contribution in [2.24, 2.45) is 0 Å². The number of hydrogen-bond acceptors (Lipinski definition) is 14. The van der Waals surface area contributed by atoms with Gasteiger partial charge in [0.25, 0.3) is 0 Å². The molecular weight excluding hydrogens is 1410 g/mol. The van der Waals surface area contributed by atoms with E-state index in [0.29, 0.717) is 19.3 Å². The van der Waals surface area contributed by atoms with E-state index in [9.17, 15) is 43.5 Å². The van der Waals surface area contributed by atoms with Crippen LogP contribution in [0.4, 0.5) is 0 Å². The zero-order valence-electron chi connectivity index (χ0n) is 68.2. The second-order valence-corrected chi connectivity index (χ2v) is 30.8. The quantitative estimate of drug-likeness (QED) is 0.0146. The molecule has 0 aliphatic heterocycles. The number of aliphatic hydroxyl groups excluding tert-OH is 2. The van der Waals surface area contributed by atoms with E-state index >= 15 is 0 Å². The fourth-order valence-corrected chi connectivity index (χ4v) is 12.6. The zero-order valence-corrected chi connectivity index (χ0v) is 70.0. The lowest BCUT2D eigenvalue weighted by Gasteiger charge is -2.21. The van der Waals surface area contributed by atoms with Crippen molar-refractivity contribution in [3.8, 4) is 0 Å². The first-order valence-electron chi connectivity index (χ1n) is 42.4. The number of esters is 3. The zero-order chi connectivity index (χ0) is 79.4. The standard InChI is InChI=1S/C91H152O16P2/c1-4-7-10-13-16-19-22-25-28-31-34-37-39-40-41-42-43-44-46-49-50-53-56-59-62-65-68-71-74-77-89(94)101-80-86(92)81-103-108(97,98)104-82-87(93)83-105-109(99,100)106-85-88(107-91(96)79-76-73-70-67-64-61-58-55-52-47-36-33-30-27-24-21-18-15-12-9-6-3)84-102-90(95)78-75-72-69-66-63-60-57-54-51-48-45-38-35-32-29-26-23-20-17-14-11-8-5-2/h7,9-10,12,16-21,25-30,34-38,40-41,47-48,51,55,58,86-88,92-93H,4-6,8,11,13-15,22-24,31-33,39,42-46,49-50,52-54,56-57,59-85H2,1-3H3,(H,97,98)(H,99,100)/b10-7-,12-9-,19-16-,20-17-,21-18-,28-25-,29-26-,30-27-,37-34-,38-35-,41-40-,47-36-,51-48-,58-55-. The van der Waals surface area contributed by atoms with Gasteiger partial charge in [0.1, 0.15) is 25.4 Å². The summed E-state index contributed by atoms with van der Waals surface area (Å²) >= 11 is 0. The fourth-order valence-electron chi connectivity index (χ4n) is 11.0. The number of rotatable bonds is 79. The molecule has 0 saturated carbocycles. The maximum absolute atomic E-state index is 13.0. The minimum atomic E-state index is -4.95. The van der Waals surface area contributed by atoms with Crippen LogP contribution in [-0.4, -0.2) is 95.9 Å². The van der Waals surface area contributed by atoms with Gasteiger partial charge in [-0.25, -0.2) is 9.13 Å². The lowest BCUT2D eigenvalue weighted by molar-refractivity contribution is -0.161. The molecule has 0 aromatic rings. The Bertz CT molecular complexity index is 2660. The molecule has 0 rings (SSSR count). The molecule has 5 unspecified atom stereocenters. The predicted molar refractivity (Wildman–Crippen MR) is 454 cm³/mol. The van der Waals surface area contributed by atoms with Crippen LogP contribution in [0, 0.1) is 0 Å². The van der Waals surface area contributed by atoms with Crippen LogP contribution in [0.1, 0.15) is 329 Å². The highest BCUT2D eigenvalue weighted by molar-refractivity contribution is 7.47. The van der Waals surface area contributed by atoms with Crippen LogP contribution in [-0.2, 0) is 55.8 Å². The summed E-state index contributed by atoms with van der Waals surface area (Å²) in [5, 5.41) is 20.7. The topological polar surface area (TPSA) is 231 Å². The highest BCUT2D eigenvalue weighted by Gasteiger charge is 2.29. The van der Waals surface area contributed by atoms with Gasteiger partial charge in [-0.3, -0.25) is 32.5 Å². The summed E-state index contributed by atoms with van der Waals surface area (Å²) in [5.41, 5.74) is 0. The van der Waals surface area contributed by atoms with E-state index in [1.54, 1.807) is 0 Å². The molecule has 0 aromatic carbocycles. The largest absolute Gasteiger partial charge is 0.472 e. The van der Waals surface area contributed by atoms with Gasteiger partial charge in [0.05, 0.1) is 26.4 Å². The van der Waals surface area contributed by atoms with Crippen LogP contribution in [0.2, 0.25) is 0 Å². The molecule has 0 aliphatic carbocycles. The Labute approximate surface area is 662 Å². The molecule has 0 amide bonds. The van der Waals surface area contributed by atoms with E-state index in [0.717, 1.165) is 186 Å². The smallest absolute Gasteiger partial charge is 0.463 e. The molecule has 4 N–H and O–H groups in total. The molecule has 0 aliphatic rings. The van der Waals surface area contributed by atoms with E-state index in [2.05, 4.69) is 191 Å². The van der Waals surface area contributed by atoms with Crippen molar-refractivity contribution in [1.29, 1.82) is 0 Å². The molecule has 0 saturated heterocycles. The predicted octanol–water partition coefficient (Wildman–Crippen LogP) is 25.5. The number of hydrogen-bond donors (Lipinski definition) is 4. The van der Waals surface area contributed by atoms with E-state index in [4.69, 9.17) is 32.3 Å². The first kappa shape index (κ1) is 104. The third-order valence-corrected chi connectivity index (χ3v) is 19.3. The van der Waals surface area contributed by atoms with Gasteiger partial charge in [0.2, 0.25) is 0 Å². The van der Waals surface area contributed by atoms with Crippen LogP contribution in [0.15, 0.2) is 170 Å². The van der Waals surface area contributed by atoms with Crippen molar-refractivity contribution in [2.45, 2.75) is 347 Å². The van der Waals surface area contributed by atoms with Gasteiger partial charge in [-0.15, -0.1) is 0 Å². The van der Waals surface area contributed by atoms with Gasteiger partial charge in [-0.05, 0) is 154 Å². The lowest BCUT2D eigenvalue weighted by Crippen LogP contribution is -2.30. The third-order valence-electron chi connectivity index (χ3n) is 17.4. The molecular formula is C91H152O16P2. The summed E-state index contributed by atoms with van der Waals surface area (Å²) in [5.74, 6) is -1.61. The summed E-state index contributed by atoms with van der Waals surface area (Å²) in [6.07, 6.45) is 105. The molecule has 0 radical (unpaired) electrons. The average molecular weight is 1560 g/mol. The molecule has 109 heavy (non-hydrogen) atoms. The number of aliphatic hydroxyl groups is 2. The van der Waals surface area contributed by atoms with Crippen LogP contribution >= 0.6 is 15.6 Å². The van der Waals surface area contributed by atoms with Crippen LogP contribution in [0.3, 0.4) is 0 Å². The Kier molecular flexibility index (Phi) is 78.5. The number of unbranched alkanes of at least 4 members (excludes halogenated alkanes) is 28. The van der Waals surface area contributed by atoms with Gasteiger partial charge >= 0.3 is 33.6 Å². The van der Waals surface area contributed by atoms with Crippen LogP contribution in [0.5, 0.6) is 0 Å². The molecule has 5 atom stereocenters. The Morgan fingerprint density at radius 2 is 0.486 bits per heavy atom. The van der Waals surface area contributed by atoms with E-state index < -0.39 is 91.5 Å². The minimum absolute atomic E-state index is 0.0743. The van der Waals surface area contributed by atoms with Gasteiger partial charge < -0.3 is 34.2 Å². The minimum Gasteiger partial charge on any atom is -0.463 e. The van der Waals surface area contributed by atoms with Gasteiger partial charge in [-0.2, -0.15) is 0 Å². The second-order valence-electron chi connectivity index (χ2n) is 27.9. The van der Waals surface area contributed by atoms with Crippen molar-refractivity contribution in [3.05, 3.63) is 170 Å². The second kappa shape index (κ2) is 82.4. The van der Waals surface area contributed by atoms with Crippen LogP contribution in [0.25, 0.3) is 0 Å². The monoisotopic (exact) mass is 1560 g/mol. The van der Waals surface area contributed by atoms with Crippen molar-refractivity contribution >= 4 is 33.6 Å². The van der Waals surface area contributed by atoms with Crippen molar-refractivity contribution < 1.29 is 75.8 Å². The number of ether oxygens (including phenoxy) is 3. The summed E-state index contributed by atoms with van der Waals surface area (Å²) in [6.45, 7) is 2.40.